The molecule has 0 fully saturated rings. The van der Waals surface area contributed by atoms with Crippen molar-refractivity contribution in [1.82, 2.24) is 9.97 Å². The van der Waals surface area contributed by atoms with Crippen LogP contribution in [0, 0.1) is 0 Å². The fourth-order valence-corrected chi connectivity index (χ4v) is 2.12. The Morgan fingerprint density at radius 2 is 2.24 bits per heavy atom. The summed E-state index contributed by atoms with van der Waals surface area (Å²) in [5.74, 6) is 0. The van der Waals surface area contributed by atoms with Gasteiger partial charge in [-0.1, -0.05) is 12.1 Å². The quantitative estimate of drug-likeness (QED) is 0.648. The third kappa shape index (κ3) is 3.28. The zero-order valence-corrected chi connectivity index (χ0v) is 10.3. The van der Waals surface area contributed by atoms with Crippen molar-refractivity contribution in [3.8, 4) is 0 Å². The number of H-pyrrole nitrogens is 1. The fraction of sp³-hybridized carbons (Fsp3) is 0.364. The van der Waals surface area contributed by atoms with Crippen LogP contribution in [0.3, 0.4) is 0 Å². The van der Waals surface area contributed by atoms with Gasteiger partial charge in [-0.15, -0.1) is 0 Å². The van der Waals surface area contributed by atoms with Crippen LogP contribution < -0.4 is 0 Å². The monoisotopic (exact) mass is 254 g/mol. The predicted molar refractivity (Wildman–Crippen MR) is 65.2 cm³/mol. The number of aromatic nitrogens is 2. The van der Waals surface area contributed by atoms with Crippen LogP contribution in [0.2, 0.25) is 0 Å². The number of aryl methyl sites for hydroxylation is 1. The highest BCUT2D eigenvalue weighted by atomic mass is 32.2. The summed E-state index contributed by atoms with van der Waals surface area (Å²) in [6.45, 7) is 0.208. The van der Waals surface area contributed by atoms with Crippen LogP contribution in [0.25, 0.3) is 11.0 Å². The number of nitrogens with one attached hydrogen (secondary N) is 1. The van der Waals surface area contributed by atoms with Crippen LogP contribution in [0.5, 0.6) is 0 Å². The molecule has 0 spiro atoms. The van der Waals surface area contributed by atoms with Gasteiger partial charge in [0.05, 0.1) is 30.2 Å². The number of imidazole rings is 1. The van der Waals surface area contributed by atoms with Gasteiger partial charge >= 0.3 is 0 Å². The number of hydrogen-bond donors (Lipinski definition) is 1. The lowest BCUT2D eigenvalue weighted by atomic mass is 10.1. The second kappa shape index (κ2) is 4.85. The lowest BCUT2D eigenvalue weighted by Gasteiger charge is -2.03. The highest BCUT2D eigenvalue weighted by Crippen LogP contribution is 2.16. The van der Waals surface area contributed by atoms with E-state index in [-0.39, 0.29) is 6.61 Å². The number of hydrogen-bond acceptors (Lipinski definition) is 4. The zero-order chi connectivity index (χ0) is 12.3. The number of nitrogens with zero attached hydrogens (tertiary/aromatic N) is 1. The van der Waals surface area contributed by atoms with E-state index in [0.717, 1.165) is 29.3 Å². The molecule has 17 heavy (non-hydrogen) atoms. The molecule has 2 aromatic rings. The molecule has 1 N–H and O–H groups in total. The molecule has 2 rings (SSSR count). The van der Waals surface area contributed by atoms with Crippen molar-refractivity contribution in [3.05, 3.63) is 30.1 Å². The Kier molecular flexibility index (Phi) is 3.44. The zero-order valence-electron chi connectivity index (χ0n) is 9.51. The number of para-hydroxylation sites is 1. The van der Waals surface area contributed by atoms with Crippen LogP contribution in [-0.4, -0.2) is 31.2 Å². The maximum atomic E-state index is 10.8. The summed E-state index contributed by atoms with van der Waals surface area (Å²) in [6.07, 6.45) is 4.11. The maximum absolute atomic E-state index is 10.8. The summed E-state index contributed by atoms with van der Waals surface area (Å²) in [7, 11) is -3.33. The topological polar surface area (TPSA) is 72.1 Å². The molecule has 0 unspecified atom stereocenters. The van der Waals surface area contributed by atoms with Gasteiger partial charge in [0.1, 0.15) is 0 Å². The Bertz CT molecular complexity index is 604. The van der Waals surface area contributed by atoms with Gasteiger partial charge in [0.15, 0.2) is 0 Å². The van der Waals surface area contributed by atoms with Crippen molar-refractivity contribution in [2.75, 3.05) is 12.9 Å². The molecule has 0 amide bonds. The SMILES string of the molecule is CS(=O)(=O)OCCCc1cccc2[nH]cnc12. The van der Waals surface area contributed by atoms with Gasteiger partial charge in [-0.3, -0.25) is 4.18 Å². The molecule has 0 aliphatic heterocycles. The number of benzene rings is 1. The second-order valence-electron chi connectivity index (χ2n) is 3.85. The van der Waals surface area contributed by atoms with Gasteiger partial charge in [-0.25, -0.2) is 4.98 Å². The molecule has 0 aliphatic carbocycles. The van der Waals surface area contributed by atoms with Gasteiger partial charge < -0.3 is 4.98 Å². The van der Waals surface area contributed by atoms with E-state index in [1.54, 1.807) is 6.33 Å². The van der Waals surface area contributed by atoms with Crippen LogP contribution in [0.4, 0.5) is 0 Å². The lowest BCUT2D eigenvalue weighted by molar-refractivity contribution is 0.316. The van der Waals surface area contributed by atoms with Crippen molar-refractivity contribution in [1.29, 1.82) is 0 Å². The second-order valence-corrected chi connectivity index (χ2v) is 5.49. The first-order valence-corrected chi connectivity index (χ1v) is 7.13. The van der Waals surface area contributed by atoms with Crippen molar-refractivity contribution < 1.29 is 12.6 Å². The molecule has 0 aliphatic rings. The van der Waals surface area contributed by atoms with Crippen molar-refractivity contribution in [3.63, 3.8) is 0 Å². The molecular weight excluding hydrogens is 240 g/mol. The van der Waals surface area contributed by atoms with Gasteiger partial charge in [-0.05, 0) is 24.5 Å². The molecule has 1 aromatic heterocycles. The Balaban J connectivity index is 1.97. The van der Waals surface area contributed by atoms with E-state index < -0.39 is 10.1 Å². The Labute approximate surface area is 99.9 Å². The van der Waals surface area contributed by atoms with Gasteiger partial charge in [0, 0.05) is 0 Å². The highest BCUT2D eigenvalue weighted by Gasteiger charge is 2.04. The van der Waals surface area contributed by atoms with Crippen LogP contribution in [0.15, 0.2) is 24.5 Å². The minimum Gasteiger partial charge on any atom is -0.345 e. The highest BCUT2D eigenvalue weighted by molar-refractivity contribution is 7.85. The Hall–Kier alpha value is -1.40. The smallest absolute Gasteiger partial charge is 0.264 e. The molecular formula is C11H14N2O3S. The standard InChI is InChI=1S/C11H14N2O3S/c1-17(14,15)16-7-3-5-9-4-2-6-10-11(9)13-8-12-10/h2,4,6,8H,3,5,7H2,1H3,(H,12,13). The molecule has 6 heteroatoms. The van der Waals surface area contributed by atoms with E-state index in [1.165, 1.54) is 0 Å². The molecule has 1 heterocycles. The Morgan fingerprint density at radius 3 is 3.00 bits per heavy atom. The van der Waals surface area contributed by atoms with Crippen molar-refractivity contribution >= 4 is 21.2 Å². The summed E-state index contributed by atoms with van der Waals surface area (Å²) in [4.78, 5) is 7.27. The molecule has 0 atom stereocenters. The van der Waals surface area contributed by atoms with E-state index in [0.29, 0.717) is 6.42 Å². The van der Waals surface area contributed by atoms with E-state index in [2.05, 4.69) is 14.2 Å². The van der Waals surface area contributed by atoms with Crippen molar-refractivity contribution in [2.24, 2.45) is 0 Å². The molecule has 0 saturated heterocycles. The molecule has 0 saturated carbocycles. The largest absolute Gasteiger partial charge is 0.345 e. The molecule has 5 nitrogen and oxygen atoms in total. The first-order chi connectivity index (χ1) is 8.06. The van der Waals surface area contributed by atoms with Gasteiger partial charge in [0.25, 0.3) is 10.1 Å². The lowest BCUT2D eigenvalue weighted by Crippen LogP contribution is -2.05. The Morgan fingerprint density at radius 1 is 1.41 bits per heavy atom. The van der Waals surface area contributed by atoms with E-state index in [1.807, 2.05) is 18.2 Å². The summed E-state index contributed by atoms with van der Waals surface area (Å²) < 4.78 is 26.2. The normalized spacial score (nSPS) is 12.1. The first kappa shape index (κ1) is 12.1. The van der Waals surface area contributed by atoms with E-state index in [9.17, 15) is 8.42 Å². The molecule has 0 radical (unpaired) electrons. The maximum Gasteiger partial charge on any atom is 0.264 e. The molecule has 1 aromatic carbocycles. The molecule has 92 valence electrons. The average molecular weight is 254 g/mol. The summed E-state index contributed by atoms with van der Waals surface area (Å²) in [5, 5.41) is 0. The fourth-order valence-electron chi connectivity index (χ4n) is 1.70. The third-order valence-corrected chi connectivity index (χ3v) is 3.02. The van der Waals surface area contributed by atoms with Crippen molar-refractivity contribution in [2.45, 2.75) is 12.8 Å². The predicted octanol–water partition coefficient (Wildman–Crippen LogP) is 1.47. The summed E-state index contributed by atoms with van der Waals surface area (Å²) >= 11 is 0. The minimum absolute atomic E-state index is 0.208. The van der Waals surface area contributed by atoms with Crippen LogP contribution in [0.1, 0.15) is 12.0 Å². The van der Waals surface area contributed by atoms with Crippen LogP contribution >= 0.6 is 0 Å². The molecule has 0 bridgehead atoms. The average Bonchev–Trinajstić information content (AvgIpc) is 2.71. The third-order valence-electron chi connectivity index (χ3n) is 2.42. The first-order valence-electron chi connectivity index (χ1n) is 5.31. The summed E-state index contributed by atoms with van der Waals surface area (Å²) in [6, 6.07) is 5.90. The van der Waals surface area contributed by atoms with Gasteiger partial charge in [-0.2, -0.15) is 8.42 Å². The summed E-state index contributed by atoms with van der Waals surface area (Å²) in [5.41, 5.74) is 3.03. The number of rotatable bonds is 5. The number of fused-ring (bicyclic) bond motifs is 1. The van der Waals surface area contributed by atoms with E-state index in [4.69, 9.17) is 0 Å². The minimum atomic E-state index is -3.33. The van der Waals surface area contributed by atoms with Crippen LogP contribution in [-0.2, 0) is 20.7 Å². The van der Waals surface area contributed by atoms with E-state index >= 15 is 0 Å². The van der Waals surface area contributed by atoms with Gasteiger partial charge in [0.2, 0.25) is 0 Å². The number of aromatic amines is 1.